The minimum Gasteiger partial charge on any atom is -0.461 e. The highest BCUT2D eigenvalue weighted by atomic mass is 19.4. The van der Waals surface area contributed by atoms with E-state index in [2.05, 4.69) is 10.6 Å². The highest BCUT2D eigenvalue weighted by Crippen LogP contribution is 2.34. The first-order valence-electron chi connectivity index (χ1n) is 8.04. The Balaban J connectivity index is 1.63. The van der Waals surface area contributed by atoms with E-state index in [0.717, 1.165) is 17.0 Å². The van der Waals surface area contributed by atoms with Crippen molar-refractivity contribution in [3.05, 3.63) is 65.9 Å². The molecule has 3 aromatic rings. The molecule has 0 bridgehead atoms. The molecule has 0 spiro atoms. The Morgan fingerprint density at radius 1 is 1.12 bits per heavy atom. The summed E-state index contributed by atoms with van der Waals surface area (Å²) >= 11 is 0. The number of fused-ring (bicyclic) bond motifs is 1. The number of halogens is 3. The van der Waals surface area contributed by atoms with Crippen LogP contribution in [0.4, 0.5) is 23.7 Å². The summed E-state index contributed by atoms with van der Waals surface area (Å²) in [7, 11) is 0. The van der Waals surface area contributed by atoms with Crippen LogP contribution in [0.3, 0.4) is 0 Å². The molecule has 0 radical (unpaired) electrons. The molecule has 2 aromatic carbocycles. The summed E-state index contributed by atoms with van der Waals surface area (Å²) in [6, 6.07) is 13.2. The second-order valence-electron chi connectivity index (χ2n) is 6.00. The van der Waals surface area contributed by atoms with Crippen molar-refractivity contribution in [2.24, 2.45) is 0 Å². The van der Waals surface area contributed by atoms with Crippen LogP contribution in [0.25, 0.3) is 11.0 Å². The van der Waals surface area contributed by atoms with Gasteiger partial charge in [-0.25, -0.2) is 4.79 Å². The maximum absolute atomic E-state index is 13.0. The molecule has 136 valence electrons. The first kappa shape index (κ1) is 17.8. The number of carbonyl (C=O) groups is 1. The smallest absolute Gasteiger partial charge is 0.418 e. The minimum absolute atomic E-state index is 0.284. The van der Waals surface area contributed by atoms with Crippen LogP contribution >= 0.6 is 0 Å². The highest BCUT2D eigenvalue weighted by molar-refractivity contribution is 5.90. The fourth-order valence-electron chi connectivity index (χ4n) is 2.71. The fourth-order valence-corrected chi connectivity index (χ4v) is 2.71. The molecule has 7 heteroatoms. The number of carbonyl (C=O) groups excluding carboxylic acids is 1. The van der Waals surface area contributed by atoms with E-state index >= 15 is 0 Å². The normalized spacial score (nSPS) is 12.8. The van der Waals surface area contributed by atoms with Crippen molar-refractivity contribution in [1.82, 2.24) is 5.32 Å². The molecule has 1 aromatic heterocycles. The molecule has 2 N–H and O–H groups in total. The van der Waals surface area contributed by atoms with Gasteiger partial charge in [-0.15, -0.1) is 0 Å². The lowest BCUT2D eigenvalue weighted by Gasteiger charge is -2.16. The fraction of sp³-hybridized carbons (Fsp3) is 0.211. The van der Waals surface area contributed by atoms with E-state index in [0.29, 0.717) is 12.2 Å². The predicted molar refractivity (Wildman–Crippen MR) is 93.0 cm³/mol. The Morgan fingerprint density at radius 3 is 2.54 bits per heavy atom. The number of urea groups is 1. The predicted octanol–water partition coefficient (Wildman–Crippen LogP) is 5.20. The Kier molecular flexibility index (Phi) is 4.88. The number of nitrogens with one attached hydrogen (secondary N) is 2. The van der Waals surface area contributed by atoms with Crippen LogP contribution in [0.1, 0.15) is 18.2 Å². The number of rotatable bonds is 4. The first-order valence-corrected chi connectivity index (χ1v) is 8.04. The summed E-state index contributed by atoms with van der Waals surface area (Å²) in [5.41, 5.74) is -0.424. The monoisotopic (exact) mass is 362 g/mol. The number of para-hydroxylation sites is 2. The third-order valence-corrected chi connectivity index (χ3v) is 3.84. The maximum atomic E-state index is 13.0. The largest absolute Gasteiger partial charge is 0.461 e. The standard InChI is InChI=1S/C19H17F3N2O2/c1-12(10-14-11-13-6-2-5-9-17(13)26-14)23-18(25)24-16-8-4-3-7-15(16)19(20,21)22/h2-9,11-12H,10H2,1H3,(H2,23,24,25)/t12-/m1/s1. The zero-order chi connectivity index (χ0) is 18.7. The summed E-state index contributed by atoms with van der Waals surface area (Å²) < 4.78 is 44.6. The zero-order valence-corrected chi connectivity index (χ0v) is 13.9. The van der Waals surface area contributed by atoms with Gasteiger partial charge >= 0.3 is 12.2 Å². The van der Waals surface area contributed by atoms with Gasteiger partial charge in [0.15, 0.2) is 0 Å². The number of benzene rings is 2. The number of alkyl halides is 3. The van der Waals surface area contributed by atoms with Gasteiger partial charge in [0.1, 0.15) is 11.3 Å². The van der Waals surface area contributed by atoms with Gasteiger partial charge in [-0.1, -0.05) is 30.3 Å². The van der Waals surface area contributed by atoms with Crippen LogP contribution in [-0.2, 0) is 12.6 Å². The van der Waals surface area contributed by atoms with Crippen molar-refractivity contribution in [3.8, 4) is 0 Å². The summed E-state index contributed by atoms with van der Waals surface area (Å²) in [6.45, 7) is 1.75. The van der Waals surface area contributed by atoms with E-state index in [4.69, 9.17) is 4.42 Å². The second-order valence-corrected chi connectivity index (χ2v) is 6.00. The molecule has 2 amide bonds. The molecule has 4 nitrogen and oxygen atoms in total. The number of hydrogen-bond donors (Lipinski definition) is 2. The lowest BCUT2D eigenvalue weighted by atomic mass is 10.1. The summed E-state index contributed by atoms with van der Waals surface area (Å²) in [4.78, 5) is 12.0. The zero-order valence-electron chi connectivity index (χ0n) is 13.9. The minimum atomic E-state index is -4.54. The first-order chi connectivity index (χ1) is 12.3. The average Bonchev–Trinajstić information content (AvgIpc) is 2.96. The third kappa shape index (κ3) is 4.17. The van der Waals surface area contributed by atoms with E-state index in [-0.39, 0.29) is 11.7 Å². The van der Waals surface area contributed by atoms with Crippen molar-refractivity contribution in [3.63, 3.8) is 0 Å². The van der Waals surface area contributed by atoms with Crippen LogP contribution < -0.4 is 10.6 Å². The molecule has 0 unspecified atom stereocenters. The Hall–Kier alpha value is -2.96. The van der Waals surface area contributed by atoms with Crippen LogP contribution in [0, 0.1) is 0 Å². The molecule has 0 fully saturated rings. The Morgan fingerprint density at radius 2 is 1.81 bits per heavy atom. The average molecular weight is 362 g/mol. The van der Waals surface area contributed by atoms with E-state index in [9.17, 15) is 18.0 Å². The van der Waals surface area contributed by atoms with E-state index in [1.54, 1.807) is 6.92 Å². The van der Waals surface area contributed by atoms with E-state index in [1.165, 1.54) is 18.2 Å². The molecular weight excluding hydrogens is 345 g/mol. The van der Waals surface area contributed by atoms with Crippen molar-refractivity contribution < 1.29 is 22.4 Å². The quantitative estimate of drug-likeness (QED) is 0.670. The molecular formula is C19H17F3N2O2. The second kappa shape index (κ2) is 7.11. The molecule has 1 atom stereocenters. The number of hydrogen-bond acceptors (Lipinski definition) is 2. The van der Waals surface area contributed by atoms with Crippen molar-refractivity contribution in [2.45, 2.75) is 25.6 Å². The van der Waals surface area contributed by atoms with Crippen molar-refractivity contribution in [1.29, 1.82) is 0 Å². The lowest BCUT2D eigenvalue weighted by Crippen LogP contribution is -2.37. The molecule has 3 rings (SSSR count). The van der Waals surface area contributed by atoms with Gasteiger partial charge < -0.3 is 15.1 Å². The van der Waals surface area contributed by atoms with Crippen molar-refractivity contribution in [2.75, 3.05) is 5.32 Å². The molecule has 0 aliphatic carbocycles. The van der Waals surface area contributed by atoms with Gasteiger partial charge in [0.25, 0.3) is 0 Å². The molecule has 1 heterocycles. The van der Waals surface area contributed by atoms with Gasteiger partial charge in [-0.3, -0.25) is 0 Å². The SMILES string of the molecule is C[C@H](Cc1cc2ccccc2o1)NC(=O)Nc1ccccc1C(F)(F)F. The van der Waals surface area contributed by atoms with Crippen molar-refractivity contribution >= 4 is 22.7 Å². The maximum Gasteiger partial charge on any atom is 0.418 e. The molecule has 0 saturated carbocycles. The lowest BCUT2D eigenvalue weighted by molar-refractivity contribution is -0.136. The third-order valence-electron chi connectivity index (χ3n) is 3.84. The van der Waals surface area contributed by atoms with Crippen LogP contribution in [0.15, 0.2) is 59.0 Å². The number of amides is 2. The summed E-state index contributed by atoms with van der Waals surface area (Å²) in [5, 5.41) is 5.84. The van der Waals surface area contributed by atoms with Crippen LogP contribution in [0.2, 0.25) is 0 Å². The van der Waals surface area contributed by atoms with Crippen LogP contribution in [0.5, 0.6) is 0 Å². The van der Waals surface area contributed by atoms with Gasteiger partial charge in [0.2, 0.25) is 0 Å². The van der Waals surface area contributed by atoms with Gasteiger partial charge in [0, 0.05) is 17.8 Å². The topological polar surface area (TPSA) is 54.3 Å². The van der Waals surface area contributed by atoms with Crippen LogP contribution in [-0.4, -0.2) is 12.1 Å². The Bertz CT molecular complexity index is 885. The van der Waals surface area contributed by atoms with E-state index < -0.39 is 17.8 Å². The molecule has 0 saturated heterocycles. The number of anilines is 1. The van der Waals surface area contributed by atoms with Gasteiger partial charge in [-0.2, -0.15) is 13.2 Å². The molecule has 26 heavy (non-hydrogen) atoms. The molecule has 0 aliphatic rings. The van der Waals surface area contributed by atoms with Gasteiger partial charge in [-0.05, 0) is 31.2 Å². The molecule has 0 aliphatic heterocycles. The summed E-state index contributed by atoms with van der Waals surface area (Å²) in [5.74, 6) is 0.690. The Labute approximate surface area is 148 Å². The van der Waals surface area contributed by atoms with Gasteiger partial charge in [0.05, 0.1) is 11.3 Å². The highest BCUT2D eigenvalue weighted by Gasteiger charge is 2.33. The number of furan rings is 1. The van der Waals surface area contributed by atoms with E-state index in [1.807, 2.05) is 30.3 Å². The summed E-state index contributed by atoms with van der Waals surface area (Å²) in [6.07, 6.45) is -4.12.